The van der Waals surface area contributed by atoms with Crippen molar-refractivity contribution in [3.05, 3.63) is 29.8 Å². The molecule has 92 valence electrons. The summed E-state index contributed by atoms with van der Waals surface area (Å²) in [6.45, 7) is 2.82. The summed E-state index contributed by atoms with van der Waals surface area (Å²) in [5.41, 5.74) is 0.776. The van der Waals surface area contributed by atoms with E-state index in [1.54, 1.807) is 0 Å². The average molecular weight is 232 g/mol. The predicted molar refractivity (Wildman–Crippen MR) is 68.5 cm³/mol. The predicted octanol–water partition coefficient (Wildman–Crippen LogP) is 3.85. The SMILES string of the molecule is CCCC(=O)c1cccc(OCC2CCC2)c1. The van der Waals surface area contributed by atoms with E-state index < -0.39 is 0 Å². The van der Waals surface area contributed by atoms with Crippen molar-refractivity contribution < 1.29 is 9.53 Å². The van der Waals surface area contributed by atoms with Gasteiger partial charge >= 0.3 is 0 Å². The summed E-state index contributed by atoms with van der Waals surface area (Å²) in [4.78, 5) is 11.7. The molecule has 0 aromatic heterocycles. The Balaban J connectivity index is 1.92. The van der Waals surface area contributed by atoms with Gasteiger partial charge in [0.15, 0.2) is 5.78 Å². The van der Waals surface area contributed by atoms with Crippen LogP contribution in [0.1, 0.15) is 49.4 Å². The minimum absolute atomic E-state index is 0.210. The number of hydrogen-bond donors (Lipinski definition) is 0. The second-order valence-corrected chi connectivity index (χ2v) is 4.81. The normalized spacial score (nSPS) is 15.4. The number of rotatable bonds is 6. The van der Waals surface area contributed by atoms with E-state index in [-0.39, 0.29) is 5.78 Å². The highest BCUT2D eigenvalue weighted by Gasteiger charge is 2.18. The molecule has 0 saturated heterocycles. The van der Waals surface area contributed by atoms with Crippen LogP contribution >= 0.6 is 0 Å². The fourth-order valence-corrected chi connectivity index (χ4v) is 2.00. The van der Waals surface area contributed by atoms with Gasteiger partial charge in [-0.2, -0.15) is 0 Å². The van der Waals surface area contributed by atoms with Crippen molar-refractivity contribution in [1.82, 2.24) is 0 Å². The minimum atomic E-state index is 0.210. The summed E-state index contributed by atoms with van der Waals surface area (Å²) in [6.07, 6.45) is 5.42. The topological polar surface area (TPSA) is 26.3 Å². The van der Waals surface area contributed by atoms with Gasteiger partial charge in [0.1, 0.15) is 5.75 Å². The summed E-state index contributed by atoms with van der Waals surface area (Å²) in [6, 6.07) is 7.57. The van der Waals surface area contributed by atoms with E-state index in [0.29, 0.717) is 6.42 Å². The van der Waals surface area contributed by atoms with Crippen LogP contribution in [0.3, 0.4) is 0 Å². The Morgan fingerprint density at radius 2 is 2.24 bits per heavy atom. The van der Waals surface area contributed by atoms with Crippen molar-refractivity contribution in [2.45, 2.75) is 39.0 Å². The summed E-state index contributed by atoms with van der Waals surface area (Å²) in [5.74, 6) is 1.77. The highest BCUT2D eigenvalue weighted by molar-refractivity contribution is 5.96. The summed E-state index contributed by atoms with van der Waals surface area (Å²) in [5, 5.41) is 0. The summed E-state index contributed by atoms with van der Waals surface area (Å²) >= 11 is 0. The molecule has 0 unspecified atom stereocenters. The first kappa shape index (κ1) is 12.2. The van der Waals surface area contributed by atoms with Crippen LogP contribution in [0.4, 0.5) is 0 Å². The first-order valence-corrected chi connectivity index (χ1v) is 6.55. The molecule has 0 heterocycles. The molecule has 0 radical (unpaired) electrons. The van der Waals surface area contributed by atoms with Crippen LogP contribution in [0.15, 0.2) is 24.3 Å². The van der Waals surface area contributed by atoms with Gasteiger partial charge in [0, 0.05) is 12.0 Å². The van der Waals surface area contributed by atoms with Gasteiger partial charge in [-0.1, -0.05) is 25.5 Å². The molecule has 0 bridgehead atoms. The molecule has 1 saturated carbocycles. The smallest absolute Gasteiger partial charge is 0.162 e. The largest absolute Gasteiger partial charge is 0.493 e. The van der Waals surface area contributed by atoms with Gasteiger partial charge in [0.25, 0.3) is 0 Å². The molecular weight excluding hydrogens is 212 g/mol. The molecule has 1 fully saturated rings. The molecule has 0 atom stereocenters. The zero-order chi connectivity index (χ0) is 12.1. The lowest BCUT2D eigenvalue weighted by molar-refractivity contribution is 0.0981. The van der Waals surface area contributed by atoms with Crippen LogP contribution in [0.2, 0.25) is 0 Å². The number of ether oxygens (including phenoxy) is 1. The Morgan fingerprint density at radius 3 is 2.88 bits per heavy atom. The van der Waals surface area contributed by atoms with Gasteiger partial charge in [0.2, 0.25) is 0 Å². The van der Waals surface area contributed by atoms with E-state index in [0.717, 1.165) is 30.3 Å². The van der Waals surface area contributed by atoms with Gasteiger partial charge in [-0.15, -0.1) is 0 Å². The molecule has 0 aliphatic heterocycles. The van der Waals surface area contributed by atoms with Crippen LogP contribution in [-0.4, -0.2) is 12.4 Å². The van der Waals surface area contributed by atoms with Crippen molar-refractivity contribution in [1.29, 1.82) is 0 Å². The first-order chi connectivity index (χ1) is 8.29. The quantitative estimate of drug-likeness (QED) is 0.696. The molecule has 1 aliphatic carbocycles. The second-order valence-electron chi connectivity index (χ2n) is 4.81. The molecule has 0 N–H and O–H groups in total. The molecule has 1 aromatic rings. The average Bonchev–Trinajstić information content (AvgIpc) is 2.28. The third-order valence-electron chi connectivity index (χ3n) is 3.34. The Hall–Kier alpha value is -1.31. The van der Waals surface area contributed by atoms with E-state index >= 15 is 0 Å². The van der Waals surface area contributed by atoms with Crippen molar-refractivity contribution in [2.24, 2.45) is 5.92 Å². The standard InChI is InChI=1S/C15H20O2/c1-2-5-15(16)13-8-4-9-14(10-13)17-11-12-6-3-7-12/h4,8-10,12H,2-3,5-7,11H2,1H3. The number of ketones is 1. The molecule has 1 aromatic carbocycles. The minimum Gasteiger partial charge on any atom is -0.493 e. The molecule has 0 spiro atoms. The van der Waals surface area contributed by atoms with Crippen molar-refractivity contribution >= 4 is 5.78 Å². The van der Waals surface area contributed by atoms with Gasteiger partial charge < -0.3 is 4.74 Å². The maximum Gasteiger partial charge on any atom is 0.162 e. The molecular formula is C15H20O2. The van der Waals surface area contributed by atoms with E-state index in [4.69, 9.17) is 4.74 Å². The molecule has 2 nitrogen and oxygen atoms in total. The first-order valence-electron chi connectivity index (χ1n) is 6.55. The molecule has 1 aliphatic rings. The lowest BCUT2D eigenvalue weighted by atomic mass is 9.86. The summed E-state index contributed by atoms with van der Waals surface area (Å²) in [7, 11) is 0. The Morgan fingerprint density at radius 1 is 1.41 bits per heavy atom. The third-order valence-corrected chi connectivity index (χ3v) is 3.34. The van der Waals surface area contributed by atoms with Crippen molar-refractivity contribution in [3.8, 4) is 5.75 Å². The number of Topliss-reactive ketones (excluding diaryl/α,β-unsaturated/α-hetero) is 1. The van der Waals surface area contributed by atoms with E-state index in [1.165, 1.54) is 19.3 Å². The number of benzene rings is 1. The lowest BCUT2D eigenvalue weighted by Crippen LogP contribution is -2.19. The zero-order valence-electron chi connectivity index (χ0n) is 10.4. The van der Waals surface area contributed by atoms with Gasteiger partial charge in [-0.3, -0.25) is 4.79 Å². The summed E-state index contributed by atoms with van der Waals surface area (Å²) < 4.78 is 5.73. The highest BCUT2D eigenvalue weighted by atomic mass is 16.5. The van der Waals surface area contributed by atoms with Crippen molar-refractivity contribution in [2.75, 3.05) is 6.61 Å². The van der Waals surface area contributed by atoms with Gasteiger partial charge in [0.05, 0.1) is 6.61 Å². The Labute approximate surface area is 103 Å². The van der Waals surface area contributed by atoms with Crippen LogP contribution in [-0.2, 0) is 0 Å². The molecule has 17 heavy (non-hydrogen) atoms. The van der Waals surface area contributed by atoms with Crippen LogP contribution in [0.5, 0.6) is 5.75 Å². The maximum atomic E-state index is 11.7. The van der Waals surface area contributed by atoms with E-state index in [9.17, 15) is 4.79 Å². The highest BCUT2D eigenvalue weighted by Crippen LogP contribution is 2.27. The fraction of sp³-hybridized carbons (Fsp3) is 0.533. The van der Waals surface area contributed by atoms with Crippen LogP contribution < -0.4 is 4.74 Å². The molecule has 2 rings (SSSR count). The van der Waals surface area contributed by atoms with E-state index in [1.807, 2.05) is 31.2 Å². The fourth-order valence-electron chi connectivity index (χ4n) is 2.00. The number of carbonyl (C=O) groups is 1. The lowest BCUT2D eigenvalue weighted by Gasteiger charge is -2.25. The monoisotopic (exact) mass is 232 g/mol. The van der Waals surface area contributed by atoms with Gasteiger partial charge in [-0.05, 0) is 37.3 Å². The van der Waals surface area contributed by atoms with Crippen LogP contribution in [0, 0.1) is 5.92 Å². The second kappa shape index (κ2) is 5.85. The molecule has 2 heteroatoms. The van der Waals surface area contributed by atoms with E-state index in [2.05, 4.69) is 0 Å². The molecule has 0 amide bonds. The van der Waals surface area contributed by atoms with Gasteiger partial charge in [-0.25, -0.2) is 0 Å². The van der Waals surface area contributed by atoms with Crippen molar-refractivity contribution in [3.63, 3.8) is 0 Å². The van der Waals surface area contributed by atoms with Crippen LogP contribution in [0.25, 0.3) is 0 Å². The Bertz CT molecular complexity index is 380. The number of carbonyl (C=O) groups excluding carboxylic acids is 1. The Kier molecular flexibility index (Phi) is 4.18. The third kappa shape index (κ3) is 3.32. The zero-order valence-corrected chi connectivity index (χ0v) is 10.4. The number of hydrogen-bond acceptors (Lipinski definition) is 2. The maximum absolute atomic E-state index is 11.7.